The first kappa shape index (κ1) is 14.3. The average Bonchev–Trinajstić information content (AvgIpc) is 2.13. The van der Waals surface area contributed by atoms with Gasteiger partial charge in [0.1, 0.15) is 15.4 Å². The minimum Gasteiger partial charge on any atom is -0.444 e. The highest BCUT2D eigenvalue weighted by atomic mass is 32.2. The van der Waals surface area contributed by atoms with E-state index in [-0.39, 0.29) is 17.4 Å². The second-order valence-electron chi connectivity index (χ2n) is 5.48. The number of carbonyl (C=O) groups is 1. The Labute approximate surface area is 103 Å². The molecule has 0 spiro atoms. The molecule has 0 radical (unpaired) electrons. The van der Waals surface area contributed by atoms with Gasteiger partial charge >= 0.3 is 6.09 Å². The molecule has 1 amide bonds. The van der Waals surface area contributed by atoms with Crippen molar-refractivity contribution in [2.75, 3.05) is 18.1 Å². The van der Waals surface area contributed by atoms with Crippen LogP contribution in [0, 0.1) is 5.92 Å². The molecule has 1 rings (SSSR count). The lowest BCUT2D eigenvalue weighted by molar-refractivity contribution is 0.0518. The lowest BCUT2D eigenvalue weighted by Crippen LogP contribution is -2.37. The molecule has 17 heavy (non-hydrogen) atoms. The molecule has 6 heteroatoms. The largest absolute Gasteiger partial charge is 0.444 e. The molecule has 5 nitrogen and oxygen atoms in total. The Bertz CT molecular complexity index is 355. The van der Waals surface area contributed by atoms with E-state index in [4.69, 9.17) is 4.74 Å². The number of ether oxygens (including phenoxy) is 1. The molecule has 0 aromatic rings. The third-order valence-electron chi connectivity index (χ3n) is 2.61. The third-order valence-corrected chi connectivity index (χ3v) is 4.32. The van der Waals surface area contributed by atoms with E-state index in [0.29, 0.717) is 19.4 Å². The first-order valence-electron chi connectivity index (χ1n) is 5.85. The molecule has 0 aromatic heterocycles. The molecule has 1 heterocycles. The van der Waals surface area contributed by atoms with E-state index < -0.39 is 21.5 Å². The normalized spacial score (nSPS) is 20.9. The standard InChI is InChI=1S/C11H21NO4S/c1-11(2,3)16-10(13)12-8-9-4-6-17(14,15)7-5-9/h9H,4-8H2,1-3H3,(H,12,13). The second-order valence-corrected chi connectivity index (χ2v) is 7.78. The highest BCUT2D eigenvalue weighted by Gasteiger charge is 2.24. The predicted octanol–water partition coefficient (Wildman–Crippen LogP) is 1.34. The van der Waals surface area contributed by atoms with Gasteiger partial charge in [-0.2, -0.15) is 0 Å². The maximum Gasteiger partial charge on any atom is 0.407 e. The molecule has 0 atom stereocenters. The smallest absolute Gasteiger partial charge is 0.407 e. The molecule has 1 aliphatic rings. The monoisotopic (exact) mass is 263 g/mol. The molecule has 100 valence electrons. The lowest BCUT2D eigenvalue weighted by atomic mass is 10.0. The highest BCUT2D eigenvalue weighted by Crippen LogP contribution is 2.18. The van der Waals surface area contributed by atoms with Gasteiger partial charge in [0.2, 0.25) is 0 Å². The molecule has 0 bridgehead atoms. The van der Waals surface area contributed by atoms with E-state index >= 15 is 0 Å². The van der Waals surface area contributed by atoms with E-state index in [2.05, 4.69) is 5.32 Å². The van der Waals surface area contributed by atoms with Crippen LogP contribution in [0.5, 0.6) is 0 Å². The number of hydrogen-bond acceptors (Lipinski definition) is 4. The Kier molecular flexibility index (Phi) is 4.41. The molecule has 1 saturated heterocycles. The van der Waals surface area contributed by atoms with Gasteiger partial charge in [0.05, 0.1) is 11.5 Å². The van der Waals surface area contributed by atoms with E-state index in [1.165, 1.54) is 0 Å². The SMILES string of the molecule is CC(C)(C)OC(=O)NCC1CCS(=O)(=O)CC1. The van der Waals surface area contributed by atoms with E-state index in [1.54, 1.807) is 20.8 Å². The van der Waals surface area contributed by atoms with Crippen LogP contribution in [0.15, 0.2) is 0 Å². The zero-order valence-electron chi connectivity index (χ0n) is 10.7. The summed E-state index contributed by atoms with van der Waals surface area (Å²) in [5.74, 6) is 0.701. The fourth-order valence-electron chi connectivity index (χ4n) is 1.68. The first-order chi connectivity index (χ1) is 7.68. The minimum atomic E-state index is -2.83. The number of sulfone groups is 1. The van der Waals surface area contributed by atoms with Crippen LogP contribution in [-0.4, -0.2) is 38.2 Å². The summed E-state index contributed by atoms with van der Waals surface area (Å²) >= 11 is 0. The minimum absolute atomic E-state index is 0.230. The van der Waals surface area contributed by atoms with Crippen LogP contribution in [0.2, 0.25) is 0 Å². The number of carbonyl (C=O) groups excluding carboxylic acids is 1. The Morgan fingerprint density at radius 3 is 2.29 bits per heavy atom. The van der Waals surface area contributed by atoms with Gasteiger partial charge in [-0.3, -0.25) is 0 Å². The summed E-state index contributed by atoms with van der Waals surface area (Å²) in [6.07, 6.45) is 0.807. The Morgan fingerprint density at radius 1 is 1.29 bits per heavy atom. The summed E-state index contributed by atoms with van der Waals surface area (Å²) in [6.45, 7) is 5.91. The summed E-state index contributed by atoms with van der Waals surface area (Å²) in [7, 11) is -2.83. The van der Waals surface area contributed by atoms with Crippen LogP contribution in [0.1, 0.15) is 33.6 Å². The van der Waals surface area contributed by atoms with Crippen molar-refractivity contribution < 1.29 is 17.9 Å². The van der Waals surface area contributed by atoms with Gasteiger partial charge in [-0.25, -0.2) is 13.2 Å². The quantitative estimate of drug-likeness (QED) is 0.816. The molecular weight excluding hydrogens is 242 g/mol. The number of hydrogen-bond donors (Lipinski definition) is 1. The highest BCUT2D eigenvalue weighted by molar-refractivity contribution is 7.91. The van der Waals surface area contributed by atoms with Crippen molar-refractivity contribution in [1.82, 2.24) is 5.32 Å². The van der Waals surface area contributed by atoms with E-state index in [1.807, 2.05) is 0 Å². The van der Waals surface area contributed by atoms with Crippen LogP contribution in [-0.2, 0) is 14.6 Å². The lowest BCUT2D eigenvalue weighted by Gasteiger charge is -2.24. The molecule has 0 unspecified atom stereocenters. The van der Waals surface area contributed by atoms with Crippen molar-refractivity contribution in [2.45, 2.75) is 39.2 Å². The Morgan fingerprint density at radius 2 is 1.82 bits per heavy atom. The van der Waals surface area contributed by atoms with Crippen molar-refractivity contribution in [3.05, 3.63) is 0 Å². The van der Waals surface area contributed by atoms with Gasteiger partial charge in [-0.05, 0) is 39.5 Å². The van der Waals surface area contributed by atoms with Crippen molar-refractivity contribution in [1.29, 1.82) is 0 Å². The van der Waals surface area contributed by atoms with Crippen molar-refractivity contribution in [3.8, 4) is 0 Å². The number of amides is 1. The Hall–Kier alpha value is -0.780. The third kappa shape index (κ3) is 5.91. The maximum absolute atomic E-state index is 11.4. The maximum atomic E-state index is 11.4. The molecule has 1 fully saturated rings. The van der Waals surface area contributed by atoms with Gasteiger partial charge in [-0.1, -0.05) is 0 Å². The van der Waals surface area contributed by atoms with Gasteiger partial charge in [-0.15, -0.1) is 0 Å². The number of nitrogens with one attached hydrogen (secondary N) is 1. The van der Waals surface area contributed by atoms with Crippen LogP contribution in [0.25, 0.3) is 0 Å². The van der Waals surface area contributed by atoms with Crippen LogP contribution >= 0.6 is 0 Å². The number of rotatable bonds is 2. The summed E-state index contributed by atoms with van der Waals surface area (Å²) in [5, 5.41) is 2.68. The zero-order chi connectivity index (χ0) is 13.1. The van der Waals surface area contributed by atoms with Gasteiger partial charge in [0, 0.05) is 6.54 Å². The van der Waals surface area contributed by atoms with E-state index in [9.17, 15) is 13.2 Å². The fourth-order valence-corrected chi connectivity index (χ4v) is 3.27. The van der Waals surface area contributed by atoms with E-state index in [0.717, 1.165) is 0 Å². The molecular formula is C11H21NO4S. The fraction of sp³-hybridized carbons (Fsp3) is 0.909. The van der Waals surface area contributed by atoms with Crippen molar-refractivity contribution >= 4 is 15.9 Å². The van der Waals surface area contributed by atoms with Crippen molar-refractivity contribution in [3.63, 3.8) is 0 Å². The molecule has 0 aliphatic carbocycles. The Balaban J connectivity index is 2.26. The van der Waals surface area contributed by atoms with Crippen LogP contribution < -0.4 is 5.32 Å². The number of alkyl carbamates (subject to hydrolysis) is 1. The van der Waals surface area contributed by atoms with Gasteiger partial charge in [0.15, 0.2) is 0 Å². The topological polar surface area (TPSA) is 72.5 Å². The first-order valence-corrected chi connectivity index (χ1v) is 7.67. The average molecular weight is 263 g/mol. The summed E-state index contributed by atoms with van der Waals surface area (Å²) in [5.41, 5.74) is -0.500. The molecule has 0 aromatic carbocycles. The summed E-state index contributed by atoms with van der Waals surface area (Å²) in [4.78, 5) is 11.4. The van der Waals surface area contributed by atoms with Gasteiger partial charge in [0.25, 0.3) is 0 Å². The zero-order valence-corrected chi connectivity index (χ0v) is 11.5. The molecule has 0 saturated carbocycles. The summed E-state index contributed by atoms with van der Waals surface area (Å²) in [6, 6.07) is 0. The summed E-state index contributed by atoms with van der Waals surface area (Å²) < 4.78 is 27.5. The van der Waals surface area contributed by atoms with Crippen LogP contribution in [0.4, 0.5) is 4.79 Å². The van der Waals surface area contributed by atoms with Gasteiger partial charge < -0.3 is 10.1 Å². The molecule has 1 N–H and O–H groups in total. The van der Waals surface area contributed by atoms with Crippen LogP contribution in [0.3, 0.4) is 0 Å². The van der Waals surface area contributed by atoms with Crippen molar-refractivity contribution in [2.24, 2.45) is 5.92 Å². The predicted molar refractivity (Wildman–Crippen MR) is 65.6 cm³/mol. The second kappa shape index (κ2) is 5.25. The molecule has 1 aliphatic heterocycles.